The molecule has 1 aliphatic heterocycles. The maximum atomic E-state index is 9.12. The second-order valence-corrected chi connectivity index (χ2v) is 16.5. The maximum absolute atomic E-state index is 9.12. The van der Waals surface area contributed by atoms with E-state index in [1.54, 1.807) is 14.2 Å². The van der Waals surface area contributed by atoms with Gasteiger partial charge in [-0.05, 0) is 43.4 Å². The fourth-order valence-corrected chi connectivity index (χ4v) is 8.20. The highest BCUT2D eigenvalue weighted by Crippen LogP contribution is 2.31. The van der Waals surface area contributed by atoms with Crippen molar-refractivity contribution >= 4 is 0 Å². The average Bonchev–Trinajstić information content (AvgIpc) is 3.75. The molecule has 2 aliphatic rings. The second-order valence-electron chi connectivity index (χ2n) is 16.5. The SMILES string of the molecule is [2H]C(CCCCCCCCCCCCC)O[C@H]1[C@H](OCc2ccc(OC)cc2)[C@@H](CNC2CCCC2)OC(OC)[C@@H]1OC([2H])CCCCCCCCCCCCC. The zero-order chi connectivity index (χ0) is 40.8. The van der Waals surface area contributed by atoms with Gasteiger partial charge in [-0.3, -0.25) is 0 Å². The summed E-state index contributed by atoms with van der Waals surface area (Å²) in [6.45, 7) is 4.01. The van der Waals surface area contributed by atoms with Crippen LogP contribution in [0.25, 0.3) is 0 Å². The van der Waals surface area contributed by atoms with Crippen LogP contribution in [-0.2, 0) is 30.3 Å². The Bertz CT molecular complexity index is 1060. The van der Waals surface area contributed by atoms with Gasteiger partial charge < -0.3 is 33.7 Å². The van der Waals surface area contributed by atoms with E-state index >= 15 is 0 Å². The van der Waals surface area contributed by atoms with E-state index in [1.807, 2.05) is 24.3 Å². The van der Waals surface area contributed by atoms with Crippen LogP contribution in [0.15, 0.2) is 24.3 Å². The number of benzene rings is 1. The van der Waals surface area contributed by atoms with E-state index in [0.29, 0.717) is 32.0 Å². The number of unbranched alkanes of at least 4 members (excludes halogenated alkanes) is 20. The molecule has 1 aromatic carbocycles. The van der Waals surface area contributed by atoms with Crippen molar-refractivity contribution < 1.29 is 31.2 Å². The highest BCUT2D eigenvalue weighted by Gasteiger charge is 2.48. The molecule has 2 fully saturated rings. The Morgan fingerprint density at radius 1 is 0.582 bits per heavy atom. The molecule has 1 heterocycles. The fraction of sp³-hybridized carbons (Fsp3) is 0.875. The van der Waals surface area contributed by atoms with Gasteiger partial charge >= 0.3 is 0 Å². The molecule has 7 atom stereocenters. The Morgan fingerprint density at radius 3 is 1.49 bits per heavy atom. The molecule has 0 bridgehead atoms. The number of ether oxygens (including phenoxy) is 6. The van der Waals surface area contributed by atoms with E-state index in [1.165, 1.54) is 128 Å². The Kier molecular flexibility index (Phi) is 26.7. The first-order valence-electron chi connectivity index (χ1n) is 24.5. The highest BCUT2D eigenvalue weighted by atomic mass is 16.7. The summed E-state index contributed by atoms with van der Waals surface area (Å²) in [4.78, 5) is 0. The van der Waals surface area contributed by atoms with Crippen molar-refractivity contribution in [2.24, 2.45) is 0 Å². The minimum atomic E-state index is -0.743. The van der Waals surface area contributed by atoms with Crippen LogP contribution in [0.5, 0.6) is 5.75 Å². The van der Waals surface area contributed by atoms with E-state index in [-0.39, 0.29) is 6.10 Å². The Balaban J connectivity index is 1.62. The Labute approximate surface area is 342 Å². The normalized spacial score (nSPS) is 23.5. The van der Waals surface area contributed by atoms with E-state index in [4.69, 9.17) is 31.2 Å². The monoisotopic (exact) mass is 776 g/mol. The van der Waals surface area contributed by atoms with Crippen LogP contribution >= 0.6 is 0 Å². The molecule has 1 saturated heterocycles. The van der Waals surface area contributed by atoms with Crippen molar-refractivity contribution in [3.05, 3.63) is 29.8 Å². The van der Waals surface area contributed by atoms with Crippen LogP contribution in [0.2, 0.25) is 0 Å². The third-order valence-corrected chi connectivity index (χ3v) is 11.7. The first-order chi connectivity index (χ1) is 28.0. The molecule has 1 saturated carbocycles. The van der Waals surface area contributed by atoms with Crippen molar-refractivity contribution in [3.8, 4) is 5.75 Å². The number of rotatable bonds is 36. The molecule has 1 aliphatic carbocycles. The summed E-state index contributed by atoms with van der Waals surface area (Å²) >= 11 is 0. The lowest BCUT2D eigenvalue weighted by Crippen LogP contribution is -2.63. The first-order valence-corrected chi connectivity index (χ1v) is 23.3. The Hall–Kier alpha value is -1.22. The van der Waals surface area contributed by atoms with E-state index in [2.05, 4.69) is 19.2 Å². The molecule has 3 rings (SSSR count). The van der Waals surface area contributed by atoms with Gasteiger partial charge in [-0.25, -0.2) is 0 Å². The summed E-state index contributed by atoms with van der Waals surface area (Å²) in [6.07, 6.45) is 31.1. The van der Waals surface area contributed by atoms with Crippen LogP contribution in [0.3, 0.4) is 0 Å². The molecular formula is C48H87NO6. The molecule has 0 spiro atoms. The van der Waals surface area contributed by atoms with Gasteiger partial charge in [0.25, 0.3) is 0 Å². The van der Waals surface area contributed by atoms with E-state index in [9.17, 15) is 0 Å². The number of hydrogen-bond acceptors (Lipinski definition) is 7. The molecule has 55 heavy (non-hydrogen) atoms. The maximum Gasteiger partial charge on any atom is 0.186 e. The number of hydrogen-bond donors (Lipinski definition) is 1. The van der Waals surface area contributed by atoms with Gasteiger partial charge in [-0.2, -0.15) is 0 Å². The summed E-state index contributed by atoms with van der Waals surface area (Å²) in [6, 6.07) is 8.39. The van der Waals surface area contributed by atoms with Crippen LogP contribution in [0, 0.1) is 0 Å². The highest BCUT2D eigenvalue weighted by molar-refractivity contribution is 5.26. The minimum Gasteiger partial charge on any atom is -0.497 e. The summed E-state index contributed by atoms with van der Waals surface area (Å²) in [5.74, 6) is 0.801. The minimum absolute atomic E-state index is 0.354. The molecule has 7 nitrogen and oxygen atoms in total. The predicted octanol–water partition coefficient (Wildman–Crippen LogP) is 12.7. The standard InChI is InChI=1S/C48H87NO6/c1-5-7-9-11-13-15-17-19-21-23-25-29-37-52-46-45(54-40-41-33-35-43(50-3)36-34-41)44(39-49-42-31-27-28-32-42)55-48(51-4)47(46)53-38-30-26-24-22-20-18-16-14-12-10-8-6-2/h33-36,42,44-49H,5-32,37-40H2,1-4H3/t44-,45-,46+,47-,48?/m1/s1/i37D,38D/t37?,38?,44-,45-,46+,47-,48?. The lowest BCUT2D eigenvalue weighted by atomic mass is 9.97. The lowest BCUT2D eigenvalue weighted by molar-refractivity contribution is -0.313. The summed E-state index contributed by atoms with van der Waals surface area (Å²) in [5.41, 5.74) is 1.02. The van der Waals surface area contributed by atoms with Crippen LogP contribution in [-0.4, -0.2) is 70.7 Å². The first kappa shape index (κ1) is 44.9. The van der Waals surface area contributed by atoms with E-state index in [0.717, 1.165) is 49.8 Å². The molecule has 320 valence electrons. The van der Waals surface area contributed by atoms with Gasteiger partial charge in [0, 0.05) is 32.9 Å². The second kappa shape index (κ2) is 32.7. The molecule has 1 aromatic rings. The van der Waals surface area contributed by atoms with Crippen LogP contribution in [0.1, 0.15) is 202 Å². The predicted molar refractivity (Wildman–Crippen MR) is 229 cm³/mol. The van der Waals surface area contributed by atoms with Gasteiger partial charge in [-0.1, -0.05) is 180 Å². The van der Waals surface area contributed by atoms with Crippen molar-refractivity contribution in [2.45, 2.75) is 237 Å². The van der Waals surface area contributed by atoms with Crippen LogP contribution < -0.4 is 10.1 Å². The van der Waals surface area contributed by atoms with Gasteiger partial charge in [0.05, 0.1) is 16.5 Å². The quantitative estimate of drug-likeness (QED) is 0.0681. The molecule has 0 aromatic heterocycles. The molecule has 0 amide bonds. The van der Waals surface area contributed by atoms with Crippen molar-refractivity contribution in [1.29, 1.82) is 0 Å². The summed E-state index contributed by atoms with van der Waals surface area (Å²) in [7, 11) is 3.32. The number of nitrogens with one attached hydrogen (secondary N) is 1. The third kappa shape index (κ3) is 21.4. The zero-order valence-corrected chi connectivity index (χ0v) is 36.1. The van der Waals surface area contributed by atoms with Crippen molar-refractivity contribution in [3.63, 3.8) is 0 Å². The number of methoxy groups -OCH3 is 2. The molecule has 3 unspecified atom stereocenters. The molecule has 1 N–H and O–H groups in total. The van der Waals surface area contributed by atoms with Crippen LogP contribution in [0.4, 0.5) is 0 Å². The van der Waals surface area contributed by atoms with Gasteiger partial charge in [0.1, 0.15) is 30.2 Å². The molecule has 7 heteroatoms. The topological polar surface area (TPSA) is 67.4 Å². The summed E-state index contributed by atoms with van der Waals surface area (Å²) < 4.78 is 56.2. The van der Waals surface area contributed by atoms with Gasteiger partial charge in [-0.15, -0.1) is 0 Å². The Morgan fingerprint density at radius 2 is 1.04 bits per heavy atom. The van der Waals surface area contributed by atoms with Gasteiger partial charge in [0.2, 0.25) is 0 Å². The van der Waals surface area contributed by atoms with E-state index < -0.39 is 37.8 Å². The lowest BCUT2D eigenvalue weighted by Gasteiger charge is -2.46. The molecular weight excluding hydrogens is 687 g/mol. The van der Waals surface area contributed by atoms with Gasteiger partial charge in [0.15, 0.2) is 6.29 Å². The largest absolute Gasteiger partial charge is 0.497 e. The third-order valence-electron chi connectivity index (χ3n) is 11.7. The summed E-state index contributed by atoms with van der Waals surface area (Å²) in [5, 5.41) is 3.75. The van der Waals surface area contributed by atoms with Crippen molar-refractivity contribution in [1.82, 2.24) is 5.32 Å². The fourth-order valence-electron chi connectivity index (χ4n) is 8.20. The van der Waals surface area contributed by atoms with Crippen molar-refractivity contribution in [2.75, 3.05) is 33.9 Å². The molecule has 0 radical (unpaired) electrons. The average molecular weight is 776 g/mol. The smallest absolute Gasteiger partial charge is 0.186 e. The zero-order valence-electron chi connectivity index (χ0n) is 38.1.